The molecule has 0 aliphatic carbocycles. The van der Waals surface area contributed by atoms with Crippen LogP contribution >= 0.6 is 0 Å². The van der Waals surface area contributed by atoms with Crippen LogP contribution in [-0.2, 0) is 4.74 Å². The Labute approximate surface area is 77.2 Å². The van der Waals surface area contributed by atoms with E-state index in [1.807, 2.05) is 0 Å². The molecule has 0 heterocycles. The van der Waals surface area contributed by atoms with Crippen LogP contribution in [0.15, 0.2) is 24.8 Å². The monoisotopic (exact) mass is 180 g/mol. The number of rotatable bonds is 3. The van der Waals surface area contributed by atoms with Crippen LogP contribution in [0.4, 0.5) is 0 Å². The maximum Gasteiger partial charge on any atom is 0.133 e. The standard InChI is InChI=1S/C10H12O3/c1-7(12-2)10-8(11)5-4-6-9(10)13-3/h4-6,11H,1H2,2-3H3. The topological polar surface area (TPSA) is 38.7 Å². The molecule has 1 N–H and O–H groups in total. The molecule has 0 bridgehead atoms. The summed E-state index contributed by atoms with van der Waals surface area (Å²) in [6.07, 6.45) is 0. The molecule has 0 spiro atoms. The van der Waals surface area contributed by atoms with Gasteiger partial charge in [0, 0.05) is 0 Å². The molecule has 3 nitrogen and oxygen atoms in total. The van der Waals surface area contributed by atoms with E-state index in [-0.39, 0.29) is 5.75 Å². The number of hydrogen-bond donors (Lipinski definition) is 1. The summed E-state index contributed by atoms with van der Waals surface area (Å²) in [6, 6.07) is 4.99. The molecule has 13 heavy (non-hydrogen) atoms. The van der Waals surface area contributed by atoms with Crippen molar-refractivity contribution in [1.29, 1.82) is 0 Å². The van der Waals surface area contributed by atoms with Gasteiger partial charge in [-0.1, -0.05) is 12.6 Å². The molecular weight excluding hydrogens is 168 g/mol. The molecule has 0 atom stereocenters. The quantitative estimate of drug-likeness (QED) is 0.723. The van der Waals surface area contributed by atoms with Gasteiger partial charge in [0.1, 0.15) is 17.3 Å². The number of aromatic hydroxyl groups is 1. The van der Waals surface area contributed by atoms with Gasteiger partial charge in [0.05, 0.1) is 19.8 Å². The molecule has 0 radical (unpaired) electrons. The smallest absolute Gasteiger partial charge is 0.133 e. The number of methoxy groups -OCH3 is 2. The van der Waals surface area contributed by atoms with Crippen molar-refractivity contribution in [3.8, 4) is 11.5 Å². The van der Waals surface area contributed by atoms with Crippen molar-refractivity contribution >= 4 is 5.76 Å². The summed E-state index contributed by atoms with van der Waals surface area (Å²) in [5.74, 6) is 1.04. The van der Waals surface area contributed by atoms with Gasteiger partial charge < -0.3 is 14.6 Å². The van der Waals surface area contributed by atoms with Crippen molar-refractivity contribution in [1.82, 2.24) is 0 Å². The Morgan fingerprint density at radius 1 is 1.38 bits per heavy atom. The van der Waals surface area contributed by atoms with Crippen LogP contribution in [0.25, 0.3) is 5.76 Å². The van der Waals surface area contributed by atoms with E-state index in [9.17, 15) is 5.11 Å². The van der Waals surface area contributed by atoms with Gasteiger partial charge in [0.15, 0.2) is 0 Å². The Morgan fingerprint density at radius 2 is 2.08 bits per heavy atom. The van der Waals surface area contributed by atoms with Crippen LogP contribution in [0, 0.1) is 0 Å². The summed E-state index contributed by atoms with van der Waals surface area (Å²) < 4.78 is 9.97. The minimum absolute atomic E-state index is 0.103. The first kappa shape index (κ1) is 9.45. The second-order valence-electron chi connectivity index (χ2n) is 2.48. The Kier molecular flexibility index (Phi) is 2.80. The Bertz CT molecular complexity index is 318. The van der Waals surface area contributed by atoms with Crippen LogP contribution in [-0.4, -0.2) is 19.3 Å². The number of benzene rings is 1. The van der Waals surface area contributed by atoms with E-state index in [0.29, 0.717) is 17.1 Å². The molecule has 1 rings (SSSR count). The van der Waals surface area contributed by atoms with Gasteiger partial charge in [-0.05, 0) is 12.1 Å². The third kappa shape index (κ3) is 1.75. The summed E-state index contributed by atoms with van der Waals surface area (Å²) in [6.45, 7) is 3.65. The minimum Gasteiger partial charge on any atom is -0.507 e. The first-order valence-electron chi connectivity index (χ1n) is 3.80. The zero-order valence-electron chi connectivity index (χ0n) is 7.70. The highest BCUT2D eigenvalue weighted by molar-refractivity contribution is 5.69. The maximum atomic E-state index is 9.50. The highest BCUT2D eigenvalue weighted by Gasteiger charge is 2.11. The molecule has 0 aromatic heterocycles. The molecule has 0 saturated heterocycles. The summed E-state index contributed by atoms with van der Waals surface area (Å²) in [5, 5.41) is 9.50. The van der Waals surface area contributed by atoms with Gasteiger partial charge in [-0.3, -0.25) is 0 Å². The Hall–Kier alpha value is -1.64. The van der Waals surface area contributed by atoms with E-state index in [2.05, 4.69) is 6.58 Å². The van der Waals surface area contributed by atoms with Crippen molar-refractivity contribution in [2.24, 2.45) is 0 Å². The van der Waals surface area contributed by atoms with E-state index < -0.39 is 0 Å². The van der Waals surface area contributed by atoms with Gasteiger partial charge in [-0.15, -0.1) is 0 Å². The summed E-state index contributed by atoms with van der Waals surface area (Å²) in [7, 11) is 3.02. The first-order valence-corrected chi connectivity index (χ1v) is 3.80. The Morgan fingerprint density at radius 3 is 2.62 bits per heavy atom. The highest BCUT2D eigenvalue weighted by Crippen LogP contribution is 2.32. The molecule has 0 aliphatic rings. The molecule has 0 amide bonds. The van der Waals surface area contributed by atoms with Gasteiger partial charge in [0.2, 0.25) is 0 Å². The summed E-state index contributed by atoms with van der Waals surface area (Å²) >= 11 is 0. The predicted molar refractivity (Wildman–Crippen MR) is 50.7 cm³/mol. The fraction of sp³-hybridized carbons (Fsp3) is 0.200. The van der Waals surface area contributed by atoms with Crippen LogP contribution in [0.1, 0.15) is 5.56 Å². The number of ether oxygens (including phenoxy) is 2. The van der Waals surface area contributed by atoms with Crippen molar-refractivity contribution in [2.75, 3.05) is 14.2 Å². The van der Waals surface area contributed by atoms with Gasteiger partial charge in [0.25, 0.3) is 0 Å². The predicted octanol–water partition coefficient (Wildman–Crippen LogP) is 2.02. The number of phenols is 1. The fourth-order valence-electron chi connectivity index (χ4n) is 1.07. The molecule has 0 unspecified atom stereocenters. The van der Waals surface area contributed by atoms with Gasteiger partial charge in [-0.2, -0.15) is 0 Å². The second kappa shape index (κ2) is 3.85. The molecule has 3 heteroatoms. The molecule has 0 saturated carbocycles. The van der Waals surface area contributed by atoms with Crippen LogP contribution < -0.4 is 4.74 Å². The van der Waals surface area contributed by atoms with E-state index in [1.54, 1.807) is 18.2 Å². The third-order valence-electron chi connectivity index (χ3n) is 1.75. The lowest BCUT2D eigenvalue weighted by Gasteiger charge is -2.10. The van der Waals surface area contributed by atoms with Gasteiger partial charge >= 0.3 is 0 Å². The van der Waals surface area contributed by atoms with E-state index in [0.717, 1.165) is 0 Å². The van der Waals surface area contributed by atoms with Crippen LogP contribution in [0.3, 0.4) is 0 Å². The number of phenolic OH excluding ortho intramolecular Hbond substituents is 1. The van der Waals surface area contributed by atoms with E-state index >= 15 is 0 Å². The molecule has 70 valence electrons. The largest absolute Gasteiger partial charge is 0.507 e. The highest BCUT2D eigenvalue weighted by atomic mass is 16.5. The normalized spacial score (nSPS) is 9.38. The van der Waals surface area contributed by atoms with Crippen molar-refractivity contribution in [3.05, 3.63) is 30.3 Å². The third-order valence-corrected chi connectivity index (χ3v) is 1.75. The van der Waals surface area contributed by atoms with E-state index in [4.69, 9.17) is 9.47 Å². The lowest BCUT2D eigenvalue weighted by Crippen LogP contribution is -1.92. The molecule has 0 fully saturated rings. The van der Waals surface area contributed by atoms with Crippen LogP contribution in [0.5, 0.6) is 11.5 Å². The lowest BCUT2D eigenvalue weighted by molar-refractivity contribution is 0.356. The molecule has 1 aromatic carbocycles. The average molecular weight is 180 g/mol. The number of hydrogen-bond acceptors (Lipinski definition) is 3. The SMILES string of the molecule is C=C(OC)c1c(O)cccc1OC. The zero-order chi connectivity index (χ0) is 9.84. The minimum atomic E-state index is 0.103. The van der Waals surface area contributed by atoms with Gasteiger partial charge in [-0.25, -0.2) is 0 Å². The fourth-order valence-corrected chi connectivity index (χ4v) is 1.07. The molecule has 1 aromatic rings. The first-order chi connectivity index (χ1) is 6.20. The molecule has 0 aliphatic heterocycles. The zero-order valence-corrected chi connectivity index (χ0v) is 7.70. The summed E-state index contributed by atoms with van der Waals surface area (Å²) in [4.78, 5) is 0. The van der Waals surface area contributed by atoms with Crippen LogP contribution in [0.2, 0.25) is 0 Å². The van der Waals surface area contributed by atoms with Crippen molar-refractivity contribution < 1.29 is 14.6 Å². The second-order valence-corrected chi connectivity index (χ2v) is 2.48. The average Bonchev–Trinajstić information content (AvgIpc) is 2.16. The lowest BCUT2D eigenvalue weighted by atomic mass is 10.1. The Balaban J connectivity index is 3.22. The summed E-state index contributed by atoms with van der Waals surface area (Å²) in [5.41, 5.74) is 0.493. The van der Waals surface area contributed by atoms with Crippen molar-refractivity contribution in [3.63, 3.8) is 0 Å². The van der Waals surface area contributed by atoms with E-state index in [1.165, 1.54) is 14.2 Å². The van der Waals surface area contributed by atoms with Crippen molar-refractivity contribution in [2.45, 2.75) is 0 Å². The maximum absolute atomic E-state index is 9.50. The molecular formula is C10H12O3.